The van der Waals surface area contributed by atoms with Crippen LogP contribution in [0.2, 0.25) is 0 Å². The number of hydrogen-bond donors (Lipinski definition) is 1. The van der Waals surface area contributed by atoms with Crippen molar-refractivity contribution >= 4 is 27.6 Å². The zero-order chi connectivity index (χ0) is 21.6. The van der Waals surface area contributed by atoms with Crippen molar-refractivity contribution < 1.29 is 22.7 Å². The van der Waals surface area contributed by atoms with Gasteiger partial charge in [-0.1, -0.05) is 12.1 Å². The number of aryl methyl sites for hydroxylation is 1. The smallest absolute Gasteiger partial charge is 0.380 e. The summed E-state index contributed by atoms with van der Waals surface area (Å²) < 4.78 is 54.4. The second kappa shape index (κ2) is 7.56. The molecule has 0 spiro atoms. The molecule has 3 aromatic heterocycles. The minimum absolute atomic E-state index is 0.134. The van der Waals surface area contributed by atoms with Crippen molar-refractivity contribution in [3.8, 4) is 0 Å². The van der Waals surface area contributed by atoms with Crippen LogP contribution in [0.5, 0.6) is 0 Å². The Morgan fingerprint density at radius 1 is 1.30 bits per heavy atom. The summed E-state index contributed by atoms with van der Waals surface area (Å²) in [6, 6.07) is 4.14. The first-order valence-corrected chi connectivity index (χ1v) is 10.3. The lowest BCUT2D eigenvalue weighted by Gasteiger charge is -2.11. The van der Waals surface area contributed by atoms with Crippen LogP contribution in [0, 0.1) is 12.7 Å². The van der Waals surface area contributed by atoms with E-state index < -0.39 is 29.2 Å². The molecular formula is C19H13F4N3O2S2. The van der Waals surface area contributed by atoms with E-state index in [1.54, 1.807) is 12.3 Å². The number of fused-ring (bicyclic) bond motifs is 1. The summed E-state index contributed by atoms with van der Waals surface area (Å²) in [6.45, 7) is 1.72. The lowest BCUT2D eigenvalue weighted by molar-refractivity contribution is -0.140. The van der Waals surface area contributed by atoms with Gasteiger partial charge in [0.15, 0.2) is 4.96 Å². The standard InChI is InChI=1S/C19H13F4N3O2S2/c1-9-15(16(28)17-24-5-6-29-17)26-13(27)8-11(25-18(26)30-9)7-10-3-2-4-12(14(10)20)19(21,22)23/h2-6,8,16,28H,7H2,1H3. The van der Waals surface area contributed by atoms with E-state index in [0.29, 0.717) is 21.6 Å². The Hall–Kier alpha value is -2.63. The SMILES string of the molecule is Cc1sc2nc(Cc3cccc(C(F)(F)F)c3F)cc(=O)n2c1C(O)c1nccs1. The fraction of sp³-hybridized carbons (Fsp3) is 0.211. The van der Waals surface area contributed by atoms with Gasteiger partial charge in [0.1, 0.15) is 16.9 Å². The second-order valence-corrected chi connectivity index (χ2v) is 8.58. The molecule has 0 radical (unpaired) electrons. The highest BCUT2D eigenvalue weighted by Gasteiger charge is 2.34. The molecule has 0 aliphatic carbocycles. The van der Waals surface area contributed by atoms with Crippen molar-refractivity contribution in [1.82, 2.24) is 14.4 Å². The summed E-state index contributed by atoms with van der Waals surface area (Å²) in [5.41, 5.74) is -1.62. The molecule has 1 aromatic carbocycles. The van der Waals surface area contributed by atoms with Gasteiger partial charge in [-0.05, 0) is 18.6 Å². The second-order valence-electron chi connectivity index (χ2n) is 6.47. The summed E-state index contributed by atoms with van der Waals surface area (Å²) in [5.74, 6) is -1.38. The number of halogens is 4. The lowest BCUT2D eigenvalue weighted by Crippen LogP contribution is -2.19. The molecule has 4 aromatic rings. The molecule has 4 rings (SSSR count). The summed E-state index contributed by atoms with van der Waals surface area (Å²) in [5, 5.41) is 12.7. The maximum Gasteiger partial charge on any atom is 0.419 e. The third-order valence-corrected chi connectivity index (χ3v) is 6.29. The molecule has 1 unspecified atom stereocenters. The van der Waals surface area contributed by atoms with Crippen LogP contribution in [0.3, 0.4) is 0 Å². The van der Waals surface area contributed by atoms with Crippen molar-refractivity contribution in [2.24, 2.45) is 0 Å². The largest absolute Gasteiger partial charge is 0.419 e. The molecule has 0 aliphatic rings. The zero-order valence-corrected chi connectivity index (χ0v) is 16.9. The number of benzene rings is 1. The van der Waals surface area contributed by atoms with Crippen molar-refractivity contribution in [2.75, 3.05) is 0 Å². The highest BCUT2D eigenvalue weighted by atomic mass is 32.1. The first-order valence-electron chi connectivity index (χ1n) is 8.61. The monoisotopic (exact) mass is 455 g/mol. The van der Waals surface area contributed by atoms with Gasteiger partial charge in [0.25, 0.3) is 5.56 Å². The summed E-state index contributed by atoms with van der Waals surface area (Å²) in [7, 11) is 0. The van der Waals surface area contributed by atoms with Crippen LogP contribution in [-0.2, 0) is 12.6 Å². The van der Waals surface area contributed by atoms with E-state index in [1.807, 2.05) is 0 Å². The van der Waals surface area contributed by atoms with E-state index >= 15 is 0 Å². The topological polar surface area (TPSA) is 67.5 Å². The van der Waals surface area contributed by atoms with Gasteiger partial charge in [0, 0.05) is 28.9 Å². The van der Waals surface area contributed by atoms with Crippen molar-refractivity contribution in [2.45, 2.75) is 25.6 Å². The van der Waals surface area contributed by atoms with E-state index in [1.165, 1.54) is 28.0 Å². The Balaban J connectivity index is 1.76. The first-order chi connectivity index (χ1) is 14.2. The molecule has 0 amide bonds. The molecule has 0 fully saturated rings. The third-order valence-electron chi connectivity index (χ3n) is 4.49. The number of aliphatic hydroxyl groups is 1. The van der Waals surface area contributed by atoms with E-state index in [4.69, 9.17) is 0 Å². The molecule has 11 heteroatoms. The van der Waals surface area contributed by atoms with Gasteiger partial charge in [-0.2, -0.15) is 13.2 Å². The highest BCUT2D eigenvalue weighted by molar-refractivity contribution is 7.17. The van der Waals surface area contributed by atoms with Crippen molar-refractivity contribution in [3.63, 3.8) is 0 Å². The van der Waals surface area contributed by atoms with Crippen molar-refractivity contribution in [3.05, 3.63) is 84.4 Å². The Morgan fingerprint density at radius 3 is 2.73 bits per heavy atom. The number of hydrogen-bond acceptors (Lipinski definition) is 6. The Bertz CT molecular complexity index is 1280. The molecule has 0 bridgehead atoms. The van der Waals surface area contributed by atoms with Gasteiger partial charge in [-0.3, -0.25) is 9.20 Å². The number of nitrogens with zero attached hydrogens (tertiary/aromatic N) is 3. The fourth-order valence-electron chi connectivity index (χ4n) is 3.17. The number of alkyl halides is 3. The molecule has 1 atom stereocenters. The molecule has 0 aliphatic heterocycles. The number of rotatable bonds is 4. The van der Waals surface area contributed by atoms with Gasteiger partial charge in [-0.25, -0.2) is 14.4 Å². The van der Waals surface area contributed by atoms with Gasteiger partial charge < -0.3 is 5.11 Å². The van der Waals surface area contributed by atoms with Crippen LogP contribution >= 0.6 is 22.7 Å². The Kier molecular flexibility index (Phi) is 5.20. The van der Waals surface area contributed by atoms with Crippen LogP contribution in [0.1, 0.15) is 38.5 Å². The maximum atomic E-state index is 14.3. The molecule has 0 saturated carbocycles. The van der Waals surface area contributed by atoms with Crippen molar-refractivity contribution in [1.29, 1.82) is 0 Å². The van der Waals surface area contributed by atoms with Crippen LogP contribution in [-0.4, -0.2) is 19.5 Å². The number of aliphatic hydroxyl groups excluding tert-OH is 1. The van der Waals surface area contributed by atoms with E-state index in [9.17, 15) is 27.5 Å². The molecule has 5 nitrogen and oxygen atoms in total. The first kappa shape index (κ1) is 20.6. The minimum atomic E-state index is -4.82. The molecule has 0 saturated heterocycles. The normalized spacial score (nSPS) is 13.1. The van der Waals surface area contributed by atoms with E-state index in [2.05, 4.69) is 9.97 Å². The molecule has 3 heterocycles. The van der Waals surface area contributed by atoms with Crippen LogP contribution in [0.25, 0.3) is 4.96 Å². The summed E-state index contributed by atoms with van der Waals surface area (Å²) >= 11 is 2.39. The summed E-state index contributed by atoms with van der Waals surface area (Å²) in [6.07, 6.45) is -4.67. The quantitative estimate of drug-likeness (QED) is 0.465. The predicted octanol–water partition coefficient (Wildman–Crippen LogP) is 4.35. The molecule has 30 heavy (non-hydrogen) atoms. The van der Waals surface area contributed by atoms with Crippen LogP contribution < -0.4 is 5.56 Å². The minimum Gasteiger partial charge on any atom is -0.380 e. The lowest BCUT2D eigenvalue weighted by atomic mass is 10.0. The number of thiazole rings is 2. The molecule has 1 N–H and O–H groups in total. The average molecular weight is 455 g/mol. The van der Waals surface area contributed by atoms with Crippen LogP contribution in [0.15, 0.2) is 40.6 Å². The molecular weight excluding hydrogens is 442 g/mol. The Labute approximate surface area is 174 Å². The van der Waals surface area contributed by atoms with Gasteiger partial charge in [0.2, 0.25) is 0 Å². The molecule has 156 valence electrons. The average Bonchev–Trinajstić information content (AvgIpc) is 3.29. The summed E-state index contributed by atoms with van der Waals surface area (Å²) in [4.78, 5) is 22.0. The van der Waals surface area contributed by atoms with Gasteiger partial charge in [0.05, 0.1) is 17.0 Å². The van der Waals surface area contributed by atoms with Gasteiger partial charge >= 0.3 is 6.18 Å². The highest BCUT2D eigenvalue weighted by Crippen LogP contribution is 2.33. The maximum absolute atomic E-state index is 14.3. The Morgan fingerprint density at radius 2 is 2.07 bits per heavy atom. The van der Waals surface area contributed by atoms with Gasteiger partial charge in [-0.15, -0.1) is 22.7 Å². The van der Waals surface area contributed by atoms with E-state index in [-0.39, 0.29) is 22.6 Å². The zero-order valence-electron chi connectivity index (χ0n) is 15.3. The number of aromatic nitrogens is 3. The van der Waals surface area contributed by atoms with E-state index in [0.717, 1.165) is 23.5 Å². The van der Waals surface area contributed by atoms with Crippen LogP contribution in [0.4, 0.5) is 17.6 Å². The fourth-order valence-corrected chi connectivity index (χ4v) is 4.81. The predicted molar refractivity (Wildman–Crippen MR) is 104 cm³/mol. The third kappa shape index (κ3) is 3.64.